The maximum absolute atomic E-state index is 12.5. The molecule has 0 bridgehead atoms. The Labute approximate surface area is 179 Å². The van der Waals surface area contributed by atoms with E-state index in [4.69, 9.17) is 16.2 Å². The molecule has 3 rings (SSSR count). The Kier molecular flexibility index (Phi) is 6.50. The Morgan fingerprint density at radius 2 is 1.93 bits per heavy atom. The third-order valence-corrected chi connectivity index (χ3v) is 6.08. The standard InChI is InChI=1S/C20H19ClN2O4S2/c1-20(2,25)19-23-17(10-28-19)13-4-6-14(7-5-13)22-18(24)15-8-3-12(9-16(15)21)11-29(26)27/h3-10,25H,11H2,1-2H3,(H,22,24)(H,26,27). The number of amides is 1. The number of aromatic nitrogens is 1. The molecule has 0 fully saturated rings. The van der Waals surface area contributed by atoms with E-state index < -0.39 is 16.7 Å². The van der Waals surface area contributed by atoms with Crippen molar-refractivity contribution in [2.75, 3.05) is 5.32 Å². The quantitative estimate of drug-likeness (QED) is 0.474. The van der Waals surface area contributed by atoms with Crippen molar-refractivity contribution in [2.45, 2.75) is 25.2 Å². The Balaban J connectivity index is 1.72. The van der Waals surface area contributed by atoms with Gasteiger partial charge in [0.05, 0.1) is 22.0 Å². The lowest BCUT2D eigenvalue weighted by Crippen LogP contribution is -2.14. The first kappa shape index (κ1) is 21.6. The Morgan fingerprint density at radius 3 is 2.48 bits per heavy atom. The number of aliphatic hydroxyl groups is 1. The summed E-state index contributed by atoms with van der Waals surface area (Å²) in [5.41, 5.74) is 2.08. The van der Waals surface area contributed by atoms with Crippen LogP contribution in [0.15, 0.2) is 47.8 Å². The first-order chi connectivity index (χ1) is 13.6. The lowest BCUT2D eigenvalue weighted by atomic mass is 10.1. The zero-order valence-electron chi connectivity index (χ0n) is 15.7. The highest BCUT2D eigenvalue weighted by Crippen LogP contribution is 2.29. The minimum absolute atomic E-state index is 0.0467. The van der Waals surface area contributed by atoms with Crippen LogP contribution >= 0.6 is 22.9 Å². The molecule has 1 aromatic heterocycles. The van der Waals surface area contributed by atoms with E-state index in [0.29, 0.717) is 16.3 Å². The van der Waals surface area contributed by atoms with E-state index in [2.05, 4.69) is 10.3 Å². The number of hydrogen-bond acceptors (Lipinski definition) is 5. The Morgan fingerprint density at radius 1 is 1.24 bits per heavy atom. The third-order valence-electron chi connectivity index (χ3n) is 4.03. The molecule has 1 heterocycles. The van der Waals surface area contributed by atoms with E-state index in [1.807, 2.05) is 17.5 Å². The summed E-state index contributed by atoms with van der Waals surface area (Å²) >= 11 is 5.57. The molecule has 6 nitrogen and oxygen atoms in total. The van der Waals surface area contributed by atoms with E-state index >= 15 is 0 Å². The van der Waals surface area contributed by atoms with Crippen LogP contribution in [0.5, 0.6) is 0 Å². The van der Waals surface area contributed by atoms with Crippen LogP contribution in [0.1, 0.15) is 34.8 Å². The summed E-state index contributed by atoms with van der Waals surface area (Å²) in [5.74, 6) is -0.424. The van der Waals surface area contributed by atoms with Gasteiger partial charge in [-0.1, -0.05) is 29.8 Å². The van der Waals surface area contributed by atoms with Crippen LogP contribution in [-0.2, 0) is 22.4 Å². The summed E-state index contributed by atoms with van der Waals surface area (Å²) in [5, 5.41) is 15.5. The molecule has 3 N–H and O–H groups in total. The van der Waals surface area contributed by atoms with Gasteiger partial charge in [0.1, 0.15) is 10.6 Å². The maximum Gasteiger partial charge on any atom is 0.257 e. The number of rotatable bonds is 6. The third kappa shape index (κ3) is 5.49. The topological polar surface area (TPSA) is 99.5 Å². The first-order valence-corrected chi connectivity index (χ1v) is 11.1. The second kappa shape index (κ2) is 8.73. The molecule has 1 unspecified atom stereocenters. The van der Waals surface area contributed by atoms with E-state index in [1.54, 1.807) is 32.0 Å². The van der Waals surface area contributed by atoms with Gasteiger partial charge in [0.15, 0.2) is 11.1 Å². The smallest absolute Gasteiger partial charge is 0.257 e. The predicted octanol–water partition coefficient (Wildman–Crippen LogP) is 4.66. The van der Waals surface area contributed by atoms with Gasteiger partial charge < -0.3 is 15.0 Å². The van der Waals surface area contributed by atoms with Gasteiger partial charge in [0, 0.05) is 16.6 Å². The lowest BCUT2D eigenvalue weighted by Gasteiger charge is -2.12. The SMILES string of the molecule is CC(C)(O)c1nc(-c2ccc(NC(=O)c3ccc(CS(=O)O)cc3Cl)cc2)cs1. The van der Waals surface area contributed by atoms with Gasteiger partial charge in [-0.2, -0.15) is 0 Å². The summed E-state index contributed by atoms with van der Waals surface area (Å²) in [6.07, 6.45) is 0. The van der Waals surface area contributed by atoms with Crippen molar-refractivity contribution in [1.82, 2.24) is 4.98 Å². The second-order valence-electron chi connectivity index (χ2n) is 6.91. The van der Waals surface area contributed by atoms with Gasteiger partial charge in [-0.25, -0.2) is 9.19 Å². The fourth-order valence-corrected chi connectivity index (χ4v) is 4.19. The molecule has 1 amide bonds. The van der Waals surface area contributed by atoms with Crippen LogP contribution in [0.2, 0.25) is 5.02 Å². The highest BCUT2D eigenvalue weighted by Gasteiger charge is 2.20. The van der Waals surface area contributed by atoms with Crippen LogP contribution in [0.4, 0.5) is 5.69 Å². The number of carbonyl (C=O) groups is 1. The average molecular weight is 451 g/mol. The van der Waals surface area contributed by atoms with Gasteiger partial charge in [0.2, 0.25) is 0 Å². The largest absolute Gasteiger partial charge is 0.383 e. The van der Waals surface area contributed by atoms with Gasteiger partial charge in [-0.05, 0) is 43.7 Å². The highest BCUT2D eigenvalue weighted by molar-refractivity contribution is 7.78. The number of anilines is 1. The Hall–Kier alpha value is -2.10. The molecule has 0 spiro atoms. The molecule has 0 aliphatic carbocycles. The van der Waals surface area contributed by atoms with Crippen LogP contribution in [0.3, 0.4) is 0 Å². The molecule has 0 aliphatic heterocycles. The lowest BCUT2D eigenvalue weighted by molar-refractivity contribution is 0.0783. The van der Waals surface area contributed by atoms with Crippen LogP contribution < -0.4 is 5.32 Å². The number of nitrogens with zero attached hydrogens (tertiary/aromatic N) is 1. The summed E-state index contributed by atoms with van der Waals surface area (Å²) in [6, 6.07) is 11.8. The number of nitrogens with one attached hydrogen (secondary N) is 1. The fraction of sp³-hybridized carbons (Fsp3) is 0.200. The molecule has 1 atom stereocenters. The second-order valence-corrected chi connectivity index (χ2v) is 9.11. The molecule has 0 radical (unpaired) electrons. The maximum atomic E-state index is 12.5. The molecule has 3 aromatic rings. The number of thiazole rings is 1. The van der Waals surface area contributed by atoms with Crippen molar-refractivity contribution in [3.8, 4) is 11.3 Å². The van der Waals surface area contributed by atoms with Crippen molar-refractivity contribution < 1.29 is 18.7 Å². The monoisotopic (exact) mass is 450 g/mol. The van der Waals surface area contributed by atoms with Gasteiger partial charge in [0.25, 0.3) is 5.91 Å². The Bertz CT molecular complexity index is 1060. The van der Waals surface area contributed by atoms with Gasteiger partial charge in [-0.3, -0.25) is 4.79 Å². The van der Waals surface area contributed by atoms with E-state index in [0.717, 1.165) is 11.3 Å². The van der Waals surface area contributed by atoms with E-state index in [1.165, 1.54) is 23.5 Å². The molecule has 9 heteroatoms. The minimum atomic E-state index is -1.97. The summed E-state index contributed by atoms with van der Waals surface area (Å²) < 4.78 is 19.8. The number of carbonyl (C=O) groups excluding carboxylic acids is 1. The van der Waals surface area contributed by atoms with Gasteiger partial charge in [-0.15, -0.1) is 11.3 Å². The van der Waals surface area contributed by atoms with Crippen LogP contribution in [0, 0.1) is 0 Å². The predicted molar refractivity (Wildman–Crippen MR) is 117 cm³/mol. The summed E-state index contributed by atoms with van der Waals surface area (Å²) in [4.78, 5) is 16.9. The van der Waals surface area contributed by atoms with Crippen molar-refractivity contribution in [2.24, 2.45) is 0 Å². The zero-order valence-corrected chi connectivity index (χ0v) is 18.1. The number of benzene rings is 2. The molecule has 0 aliphatic rings. The number of hydrogen-bond donors (Lipinski definition) is 3. The van der Waals surface area contributed by atoms with Crippen molar-refractivity contribution in [1.29, 1.82) is 0 Å². The molecular weight excluding hydrogens is 432 g/mol. The van der Waals surface area contributed by atoms with Crippen molar-refractivity contribution >= 4 is 45.6 Å². The minimum Gasteiger partial charge on any atom is -0.383 e. The zero-order chi connectivity index (χ0) is 21.2. The fourth-order valence-electron chi connectivity index (χ4n) is 2.59. The average Bonchev–Trinajstić information content (AvgIpc) is 3.12. The molecule has 2 aromatic carbocycles. The van der Waals surface area contributed by atoms with E-state index in [9.17, 15) is 14.1 Å². The first-order valence-electron chi connectivity index (χ1n) is 8.59. The van der Waals surface area contributed by atoms with Gasteiger partial charge >= 0.3 is 0 Å². The van der Waals surface area contributed by atoms with Crippen molar-refractivity contribution in [3.05, 3.63) is 69.0 Å². The molecule has 0 saturated carbocycles. The summed E-state index contributed by atoms with van der Waals surface area (Å²) in [7, 11) is 0. The molecular formula is C20H19ClN2O4S2. The highest BCUT2D eigenvalue weighted by atomic mass is 35.5. The normalized spacial score (nSPS) is 12.6. The van der Waals surface area contributed by atoms with E-state index in [-0.39, 0.29) is 22.2 Å². The number of halogens is 1. The molecule has 29 heavy (non-hydrogen) atoms. The van der Waals surface area contributed by atoms with Crippen LogP contribution in [0.25, 0.3) is 11.3 Å². The van der Waals surface area contributed by atoms with Crippen LogP contribution in [-0.4, -0.2) is 24.8 Å². The van der Waals surface area contributed by atoms with Crippen molar-refractivity contribution in [3.63, 3.8) is 0 Å². The molecule has 0 saturated heterocycles. The molecule has 152 valence electrons. The summed E-state index contributed by atoms with van der Waals surface area (Å²) in [6.45, 7) is 3.38.